The molecular weight excluding hydrogens is 368 g/mol. The fraction of sp³-hybridized carbons (Fsp3) is 0.158. The summed E-state index contributed by atoms with van der Waals surface area (Å²) in [4.78, 5) is 16.8. The van der Waals surface area contributed by atoms with Gasteiger partial charge >= 0.3 is 0 Å². The molecule has 0 saturated carbocycles. The molecule has 1 N–H and O–H groups in total. The van der Waals surface area contributed by atoms with Gasteiger partial charge in [-0.1, -0.05) is 34.1 Å². The van der Waals surface area contributed by atoms with Crippen molar-refractivity contribution >= 4 is 27.5 Å². The smallest absolute Gasteiger partial charge is 0.230 e. The van der Waals surface area contributed by atoms with Crippen molar-refractivity contribution < 1.29 is 9.21 Å². The minimum atomic E-state index is -0.114. The monoisotopic (exact) mass is 384 g/mol. The molecule has 0 radical (unpaired) electrons. The van der Waals surface area contributed by atoms with Crippen LogP contribution in [0.5, 0.6) is 0 Å². The molecule has 122 valence electrons. The molecule has 0 saturated heterocycles. The molecule has 0 unspecified atom stereocenters. The number of hydrogen-bond donors (Lipinski definition) is 1. The van der Waals surface area contributed by atoms with Crippen LogP contribution in [-0.4, -0.2) is 10.9 Å². The summed E-state index contributed by atoms with van der Waals surface area (Å²) in [7, 11) is 0. The minimum Gasteiger partial charge on any atom is -0.441 e. The predicted molar refractivity (Wildman–Crippen MR) is 97.9 cm³/mol. The van der Waals surface area contributed by atoms with Gasteiger partial charge in [-0.25, -0.2) is 4.98 Å². The molecule has 4 nitrogen and oxygen atoms in total. The maximum Gasteiger partial charge on any atom is 0.230 e. The minimum absolute atomic E-state index is 0.114. The number of benzene rings is 2. The Labute approximate surface area is 149 Å². The van der Waals surface area contributed by atoms with Crippen LogP contribution in [0.4, 0.5) is 5.69 Å². The van der Waals surface area contributed by atoms with Crippen molar-refractivity contribution in [1.29, 1.82) is 0 Å². The molecule has 0 fully saturated rings. The van der Waals surface area contributed by atoms with E-state index in [0.29, 0.717) is 17.3 Å². The van der Waals surface area contributed by atoms with Gasteiger partial charge in [0, 0.05) is 15.7 Å². The summed E-state index contributed by atoms with van der Waals surface area (Å²) >= 11 is 3.42. The first-order valence-corrected chi connectivity index (χ1v) is 8.40. The second-order valence-corrected chi connectivity index (χ2v) is 6.49. The number of rotatable bonds is 4. The maximum absolute atomic E-state index is 12.3. The summed E-state index contributed by atoms with van der Waals surface area (Å²) in [6.45, 7) is 3.78. The number of hydrogen-bond acceptors (Lipinski definition) is 3. The Bertz CT molecular complexity index is 872. The van der Waals surface area contributed by atoms with Gasteiger partial charge < -0.3 is 9.73 Å². The number of aromatic nitrogens is 1. The standard InChI is InChI=1S/C19H17BrN2O2/c1-12-10-15(20)8-9-16(12)21-18(23)11-17-13(2)24-19(22-17)14-6-4-3-5-7-14/h3-10H,11H2,1-2H3,(H,21,23). The van der Waals surface area contributed by atoms with Gasteiger partial charge in [-0.3, -0.25) is 4.79 Å². The Balaban J connectivity index is 1.74. The average Bonchev–Trinajstić information content (AvgIpc) is 2.92. The lowest BCUT2D eigenvalue weighted by Crippen LogP contribution is -2.15. The molecule has 24 heavy (non-hydrogen) atoms. The summed E-state index contributed by atoms with van der Waals surface area (Å²) in [6.07, 6.45) is 0.178. The zero-order valence-corrected chi connectivity index (χ0v) is 15.1. The molecule has 5 heteroatoms. The Kier molecular flexibility index (Phi) is 4.81. The van der Waals surface area contributed by atoms with E-state index in [1.54, 1.807) is 0 Å². The van der Waals surface area contributed by atoms with Crippen LogP contribution in [0.3, 0.4) is 0 Å². The van der Waals surface area contributed by atoms with Gasteiger partial charge in [0.05, 0.1) is 12.1 Å². The molecule has 1 amide bonds. The van der Waals surface area contributed by atoms with Crippen molar-refractivity contribution in [2.45, 2.75) is 20.3 Å². The third-order valence-electron chi connectivity index (χ3n) is 3.70. The quantitative estimate of drug-likeness (QED) is 0.695. The summed E-state index contributed by atoms with van der Waals surface area (Å²) in [5.41, 5.74) is 3.35. The van der Waals surface area contributed by atoms with Crippen LogP contribution in [0.25, 0.3) is 11.5 Å². The summed E-state index contributed by atoms with van der Waals surface area (Å²) in [5, 5.41) is 2.92. The van der Waals surface area contributed by atoms with Crippen LogP contribution in [0, 0.1) is 13.8 Å². The van der Waals surface area contributed by atoms with E-state index in [0.717, 1.165) is 21.3 Å². The van der Waals surface area contributed by atoms with Gasteiger partial charge in [-0.2, -0.15) is 0 Å². The highest BCUT2D eigenvalue weighted by Crippen LogP contribution is 2.23. The van der Waals surface area contributed by atoms with E-state index in [1.165, 1.54) is 0 Å². The van der Waals surface area contributed by atoms with Crippen LogP contribution < -0.4 is 5.32 Å². The third kappa shape index (κ3) is 3.74. The van der Waals surface area contributed by atoms with Gasteiger partial charge in [0.2, 0.25) is 11.8 Å². The zero-order valence-electron chi connectivity index (χ0n) is 13.5. The number of amides is 1. The Morgan fingerprint density at radius 1 is 1.17 bits per heavy atom. The molecule has 0 bridgehead atoms. The number of carbonyl (C=O) groups excluding carboxylic acids is 1. The Morgan fingerprint density at radius 3 is 2.62 bits per heavy atom. The van der Waals surface area contributed by atoms with Crippen molar-refractivity contribution in [2.75, 3.05) is 5.32 Å². The van der Waals surface area contributed by atoms with E-state index in [4.69, 9.17) is 4.42 Å². The number of aryl methyl sites for hydroxylation is 2. The lowest BCUT2D eigenvalue weighted by Gasteiger charge is -2.08. The first kappa shape index (κ1) is 16.5. The van der Waals surface area contributed by atoms with Gasteiger partial charge in [0.25, 0.3) is 0 Å². The maximum atomic E-state index is 12.3. The van der Waals surface area contributed by atoms with E-state index in [2.05, 4.69) is 26.2 Å². The van der Waals surface area contributed by atoms with Gasteiger partial charge in [0.15, 0.2) is 0 Å². The van der Waals surface area contributed by atoms with E-state index in [9.17, 15) is 4.79 Å². The first-order chi connectivity index (χ1) is 11.5. The molecule has 2 aromatic carbocycles. The number of anilines is 1. The van der Waals surface area contributed by atoms with Gasteiger partial charge in [-0.05, 0) is 49.7 Å². The number of nitrogens with one attached hydrogen (secondary N) is 1. The normalized spacial score (nSPS) is 10.6. The largest absolute Gasteiger partial charge is 0.441 e. The molecule has 0 aliphatic carbocycles. The molecule has 3 aromatic rings. The summed E-state index contributed by atoms with van der Waals surface area (Å²) < 4.78 is 6.68. The summed E-state index contributed by atoms with van der Waals surface area (Å²) in [6, 6.07) is 15.4. The van der Waals surface area contributed by atoms with Crippen LogP contribution in [-0.2, 0) is 11.2 Å². The van der Waals surface area contributed by atoms with Crippen LogP contribution in [0.1, 0.15) is 17.0 Å². The highest BCUT2D eigenvalue weighted by molar-refractivity contribution is 9.10. The molecule has 0 aliphatic rings. The SMILES string of the molecule is Cc1cc(Br)ccc1NC(=O)Cc1nc(-c2ccccc2)oc1C. The third-order valence-corrected chi connectivity index (χ3v) is 4.20. The van der Waals surface area contributed by atoms with E-state index in [-0.39, 0.29) is 12.3 Å². The van der Waals surface area contributed by atoms with Gasteiger partial charge in [-0.15, -0.1) is 0 Å². The second-order valence-electron chi connectivity index (χ2n) is 5.57. The summed E-state index contributed by atoms with van der Waals surface area (Å²) in [5.74, 6) is 1.09. The Hall–Kier alpha value is -2.40. The lowest BCUT2D eigenvalue weighted by molar-refractivity contribution is -0.115. The van der Waals surface area contributed by atoms with Crippen molar-refractivity contribution in [2.24, 2.45) is 0 Å². The van der Waals surface area contributed by atoms with Crippen LogP contribution >= 0.6 is 15.9 Å². The van der Waals surface area contributed by atoms with Crippen molar-refractivity contribution in [3.63, 3.8) is 0 Å². The predicted octanol–water partition coefficient (Wildman–Crippen LogP) is 4.90. The lowest BCUT2D eigenvalue weighted by atomic mass is 10.2. The molecule has 1 heterocycles. The molecule has 3 rings (SSSR count). The van der Waals surface area contributed by atoms with E-state index >= 15 is 0 Å². The van der Waals surface area contributed by atoms with Crippen molar-refractivity contribution in [3.8, 4) is 11.5 Å². The molecule has 0 spiro atoms. The van der Waals surface area contributed by atoms with Crippen LogP contribution in [0.2, 0.25) is 0 Å². The number of carbonyl (C=O) groups is 1. The zero-order chi connectivity index (χ0) is 17.1. The molecule has 0 atom stereocenters. The number of oxazole rings is 1. The van der Waals surface area contributed by atoms with Crippen LogP contribution in [0.15, 0.2) is 57.4 Å². The van der Waals surface area contributed by atoms with Crippen molar-refractivity contribution in [1.82, 2.24) is 4.98 Å². The average molecular weight is 385 g/mol. The molecule has 0 aliphatic heterocycles. The number of halogens is 1. The molecular formula is C19H17BrN2O2. The highest BCUT2D eigenvalue weighted by Gasteiger charge is 2.15. The Morgan fingerprint density at radius 2 is 1.92 bits per heavy atom. The van der Waals surface area contributed by atoms with E-state index < -0.39 is 0 Å². The molecule has 1 aromatic heterocycles. The highest BCUT2D eigenvalue weighted by atomic mass is 79.9. The number of nitrogens with zero attached hydrogens (tertiary/aromatic N) is 1. The van der Waals surface area contributed by atoms with Crippen molar-refractivity contribution in [3.05, 3.63) is 70.0 Å². The fourth-order valence-electron chi connectivity index (χ4n) is 2.41. The van der Waals surface area contributed by atoms with E-state index in [1.807, 2.05) is 62.4 Å². The first-order valence-electron chi connectivity index (χ1n) is 7.60. The van der Waals surface area contributed by atoms with Gasteiger partial charge in [0.1, 0.15) is 5.76 Å². The topological polar surface area (TPSA) is 55.1 Å². The second kappa shape index (κ2) is 7.01. The fourth-order valence-corrected chi connectivity index (χ4v) is 2.89.